The van der Waals surface area contributed by atoms with E-state index in [4.69, 9.17) is 22.4 Å². The summed E-state index contributed by atoms with van der Waals surface area (Å²) in [6.07, 6.45) is 3.16. The van der Waals surface area contributed by atoms with Gasteiger partial charge in [-0.2, -0.15) is 0 Å². The number of nitrogens with one attached hydrogen (secondary N) is 1. The van der Waals surface area contributed by atoms with Crippen LogP contribution in [0.1, 0.15) is 16.1 Å². The quantitative estimate of drug-likeness (QED) is 0.309. The number of carbonyl (C=O) groups excluding carboxylic acids is 1. The number of primary amides is 1. The third-order valence-corrected chi connectivity index (χ3v) is 4.12. The summed E-state index contributed by atoms with van der Waals surface area (Å²) in [5, 5.41) is 29.5. The average molecular weight is 448 g/mol. The van der Waals surface area contributed by atoms with Crippen LogP contribution in [0.2, 0.25) is 5.02 Å². The van der Waals surface area contributed by atoms with Gasteiger partial charge in [-0.1, -0.05) is 28.9 Å². The Kier molecular flexibility index (Phi) is 8.88. The van der Waals surface area contributed by atoms with Gasteiger partial charge in [0, 0.05) is 29.9 Å². The van der Waals surface area contributed by atoms with Crippen LogP contribution in [0.5, 0.6) is 5.75 Å². The summed E-state index contributed by atoms with van der Waals surface area (Å²) in [5.41, 5.74) is 11.8. The molecule has 11 nitrogen and oxygen atoms in total. The van der Waals surface area contributed by atoms with Crippen molar-refractivity contribution in [1.82, 2.24) is 25.3 Å². The molecule has 3 aromatic rings. The first-order chi connectivity index (χ1) is 14.8. The number of pyridine rings is 1. The molecular weight excluding hydrogens is 426 g/mol. The van der Waals surface area contributed by atoms with Crippen molar-refractivity contribution in [2.24, 2.45) is 11.5 Å². The van der Waals surface area contributed by atoms with Gasteiger partial charge in [0.1, 0.15) is 11.4 Å². The summed E-state index contributed by atoms with van der Waals surface area (Å²) in [7, 11) is 0. The summed E-state index contributed by atoms with van der Waals surface area (Å²) in [6.45, 7) is 1.78. The van der Waals surface area contributed by atoms with Gasteiger partial charge in [-0.25, -0.2) is 4.98 Å². The monoisotopic (exact) mass is 447 g/mol. The Morgan fingerprint density at radius 3 is 2.48 bits per heavy atom. The van der Waals surface area contributed by atoms with Crippen LogP contribution in [0.4, 0.5) is 0 Å². The molecule has 1 amide bonds. The fourth-order valence-electron chi connectivity index (χ4n) is 2.35. The lowest BCUT2D eigenvalue weighted by Crippen LogP contribution is -2.19. The highest BCUT2D eigenvalue weighted by Crippen LogP contribution is 2.22. The maximum absolute atomic E-state index is 11.1. The maximum Gasteiger partial charge on any atom is 0.317 e. The number of hydrogen-bond acceptors (Lipinski definition) is 8. The molecule has 2 aromatic heterocycles. The van der Waals surface area contributed by atoms with E-state index in [0.717, 1.165) is 12.1 Å². The van der Waals surface area contributed by atoms with Gasteiger partial charge >= 0.3 is 5.97 Å². The average Bonchev–Trinajstić information content (AvgIpc) is 3.21. The van der Waals surface area contributed by atoms with E-state index in [2.05, 4.69) is 26.3 Å². The van der Waals surface area contributed by atoms with Crippen molar-refractivity contribution < 1.29 is 19.8 Å². The third kappa shape index (κ3) is 7.66. The fraction of sp³-hybridized carbons (Fsp3) is 0.211. The molecule has 164 valence electrons. The van der Waals surface area contributed by atoms with Crippen LogP contribution in [0, 0.1) is 0 Å². The molecule has 0 saturated heterocycles. The largest absolute Gasteiger partial charge is 0.505 e. The van der Waals surface area contributed by atoms with Crippen LogP contribution in [0.3, 0.4) is 0 Å². The summed E-state index contributed by atoms with van der Waals surface area (Å²) in [4.78, 5) is 24.2. The van der Waals surface area contributed by atoms with Gasteiger partial charge in [0.15, 0.2) is 5.69 Å². The van der Waals surface area contributed by atoms with Crippen LogP contribution in [-0.4, -0.2) is 55.2 Å². The zero-order chi connectivity index (χ0) is 22.8. The van der Waals surface area contributed by atoms with Crippen LogP contribution >= 0.6 is 11.6 Å². The maximum atomic E-state index is 11.1. The number of carbonyl (C=O) groups is 2. The van der Waals surface area contributed by atoms with Gasteiger partial charge in [-0.15, -0.1) is 5.10 Å². The molecule has 3 rings (SSSR count). The third-order valence-electron chi connectivity index (χ3n) is 3.87. The SMILES string of the molecule is NC(=O)c1ncc(-c2cn(CCNCc3ccc(Cl)cc3)nn2)cc1O.NCC(=O)O. The number of aromatic nitrogens is 4. The van der Waals surface area contributed by atoms with Gasteiger partial charge in [-0.3, -0.25) is 14.3 Å². The molecule has 0 bridgehead atoms. The summed E-state index contributed by atoms with van der Waals surface area (Å²) >= 11 is 5.86. The highest BCUT2D eigenvalue weighted by atomic mass is 35.5. The lowest BCUT2D eigenvalue weighted by molar-refractivity contribution is -0.135. The summed E-state index contributed by atoms with van der Waals surface area (Å²) < 4.78 is 1.68. The van der Waals surface area contributed by atoms with Crippen molar-refractivity contribution in [3.05, 3.63) is 59.0 Å². The molecule has 0 aliphatic heterocycles. The van der Waals surface area contributed by atoms with E-state index in [1.165, 1.54) is 12.3 Å². The predicted molar refractivity (Wildman–Crippen MR) is 113 cm³/mol. The minimum atomic E-state index is -0.968. The number of carboxylic acid groups (broad SMARTS) is 1. The Labute approximate surface area is 182 Å². The van der Waals surface area contributed by atoms with Gasteiger partial charge in [0.25, 0.3) is 5.91 Å². The molecule has 0 aliphatic rings. The Hall–Kier alpha value is -3.54. The number of halogens is 1. The highest BCUT2D eigenvalue weighted by molar-refractivity contribution is 6.30. The number of benzene rings is 1. The number of aromatic hydroxyl groups is 1. The predicted octanol–water partition coefficient (Wildman–Crippen LogP) is 0.617. The van der Waals surface area contributed by atoms with E-state index < -0.39 is 11.9 Å². The Bertz CT molecular complexity index is 1020. The standard InChI is InChI=1S/C17H17ClN6O2.C2H5NO2/c18-13-3-1-11(2-4-13)8-20-5-6-24-10-14(22-23-24)12-7-15(25)16(17(19)26)21-9-12;3-1-2(4)5/h1-4,7,9-10,20,25H,5-6,8H2,(H2,19,26);1,3H2,(H,4,5). The second kappa shape index (κ2) is 11.6. The lowest BCUT2D eigenvalue weighted by atomic mass is 10.2. The number of carboxylic acids is 1. The van der Waals surface area contributed by atoms with E-state index in [0.29, 0.717) is 29.4 Å². The van der Waals surface area contributed by atoms with Gasteiger partial charge in [0.05, 0.1) is 19.3 Å². The molecule has 0 atom stereocenters. The van der Waals surface area contributed by atoms with E-state index in [1.807, 2.05) is 24.3 Å². The van der Waals surface area contributed by atoms with E-state index >= 15 is 0 Å². The minimum Gasteiger partial charge on any atom is -0.505 e. The fourth-order valence-corrected chi connectivity index (χ4v) is 2.48. The van der Waals surface area contributed by atoms with Crippen molar-refractivity contribution in [3.63, 3.8) is 0 Å². The normalized spacial score (nSPS) is 10.3. The molecule has 1 aromatic carbocycles. The van der Waals surface area contributed by atoms with E-state index in [1.54, 1.807) is 10.9 Å². The van der Waals surface area contributed by atoms with Crippen LogP contribution in [0.15, 0.2) is 42.7 Å². The Morgan fingerprint density at radius 1 is 1.23 bits per heavy atom. The molecule has 0 radical (unpaired) electrons. The van der Waals surface area contributed by atoms with Crippen molar-refractivity contribution in [1.29, 1.82) is 0 Å². The minimum absolute atomic E-state index is 0.174. The van der Waals surface area contributed by atoms with E-state index in [-0.39, 0.29) is 18.0 Å². The first-order valence-electron chi connectivity index (χ1n) is 9.06. The second-order valence-corrected chi connectivity index (χ2v) is 6.66. The number of hydrogen-bond donors (Lipinski definition) is 5. The summed E-state index contributed by atoms with van der Waals surface area (Å²) in [5.74, 6) is -2.04. The molecule has 0 unspecified atom stereocenters. The van der Waals surface area contributed by atoms with Gasteiger partial charge < -0.3 is 27.0 Å². The molecule has 7 N–H and O–H groups in total. The van der Waals surface area contributed by atoms with Crippen LogP contribution < -0.4 is 16.8 Å². The van der Waals surface area contributed by atoms with Crippen molar-refractivity contribution in [2.75, 3.05) is 13.1 Å². The highest BCUT2D eigenvalue weighted by Gasteiger charge is 2.12. The molecule has 2 heterocycles. The lowest BCUT2D eigenvalue weighted by Gasteiger charge is -2.05. The topological polar surface area (TPSA) is 182 Å². The molecule has 0 saturated carbocycles. The second-order valence-electron chi connectivity index (χ2n) is 6.22. The molecule has 12 heteroatoms. The first-order valence-corrected chi connectivity index (χ1v) is 9.44. The molecule has 0 spiro atoms. The number of nitrogens with zero attached hydrogens (tertiary/aromatic N) is 4. The Balaban J connectivity index is 0.000000614. The van der Waals surface area contributed by atoms with Crippen molar-refractivity contribution >= 4 is 23.5 Å². The number of aliphatic carboxylic acids is 1. The smallest absolute Gasteiger partial charge is 0.317 e. The number of amides is 1. The molecular formula is C19H22ClN7O4. The van der Waals surface area contributed by atoms with Crippen LogP contribution in [-0.2, 0) is 17.9 Å². The first kappa shape index (κ1) is 23.7. The summed E-state index contributed by atoms with van der Waals surface area (Å²) in [6, 6.07) is 9.04. The van der Waals surface area contributed by atoms with Gasteiger partial charge in [-0.05, 0) is 23.8 Å². The zero-order valence-corrected chi connectivity index (χ0v) is 17.2. The van der Waals surface area contributed by atoms with E-state index in [9.17, 15) is 14.7 Å². The number of rotatable bonds is 8. The molecule has 0 aliphatic carbocycles. The molecule has 0 fully saturated rings. The van der Waals surface area contributed by atoms with Crippen LogP contribution in [0.25, 0.3) is 11.3 Å². The van der Waals surface area contributed by atoms with Crippen molar-refractivity contribution in [3.8, 4) is 17.0 Å². The van der Waals surface area contributed by atoms with Gasteiger partial charge in [0.2, 0.25) is 0 Å². The Morgan fingerprint density at radius 2 is 1.90 bits per heavy atom. The molecule has 31 heavy (non-hydrogen) atoms. The number of nitrogens with two attached hydrogens (primary N) is 2. The van der Waals surface area contributed by atoms with Crippen molar-refractivity contribution in [2.45, 2.75) is 13.1 Å². The zero-order valence-electron chi connectivity index (χ0n) is 16.4.